The Morgan fingerprint density at radius 1 is 1.19 bits per heavy atom. The standard InChI is InChI=1S/C17H27NO3/c1-6-17(20,7-2)14(13-11-9-8-10-12-13)18-15(19)21-16(3,4)5/h8-12,14,20H,6-7H2,1-5H3,(H,18,19). The highest BCUT2D eigenvalue weighted by Crippen LogP contribution is 2.32. The van der Waals surface area contributed by atoms with Crippen LogP contribution in [0.5, 0.6) is 0 Å². The molecule has 118 valence electrons. The van der Waals surface area contributed by atoms with Gasteiger partial charge in [-0.2, -0.15) is 0 Å². The third-order valence-electron chi connectivity index (χ3n) is 3.56. The minimum absolute atomic E-state index is 0.497. The Kier molecular flexibility index (Phi) is 5.78. The van der Waals surface area contributed by atoms with Crippen LogP contribution < -0.4 is 5.32 Å². The van der Waals surface area contributed by atoms with E-state index >= 15 is 0 Å². The van der Waals surface area contributed by atoms with E-state index < -0.39 is 23.3 Å². The van der Waals surface area contributed by atoms with Crippen molar-refractivity contribution in [3.63, 3.8) is 0 Å². The van der Waals surface area contributed by atoms with Gasteiger partial charge >= 0.3 is 6.09 Å². The van der Waals surface area contributed by atoms with Gasteiger partial charge in [0.2, 0.25) is 0 Å². The SMILES string of the molecule is CCC(O)(CC)C(NC(=O)OC(C)(C)C)c1ccccc1. The molecule has 0 radical (unpaired) electrons. The van der Waals surface area contributed by atoms with Crippen molar-refractivity contribution in [2.24, 2.45) is 0 Å². The van der Waals surface area contributed by atoms with Crippen LogP contribution in [0.15, 0.2) is 30.3 Å². The number of nitrogens with one attached hydrogen (secondary N) is 1. The quantitative estimate of drug-likeness (QED) is 0.868. The smallest absolute Gasteiger partial charge is 0.408 e. The first-order valence-electron chi connectivity index (χ1n) is 7.48. The highest BCUT2D eigenvalue weighted by molar-refractivity contribution is 5.68. The number of hydrogen-bond donors (Lipinski definition) is 2. The molecule has 2 N–H and O–H groups in total. The second kappa shape index (κ2) is 6.94. The monoisotopic (exact) mass is 293 g/mol. The summed E-state index contributed by atoms with van der Waals surface area (Å²) in [6.07, 6.45) is 0.564. The van der Waals surface area contributed by atoms with Crippen molar-refractivity contribution >= 4 is 6.09 Å². The van der Waals surface area contributed by atoms with E-state index in [0.29, 0.717) is 12.8 Å². The van der Waals surface area contributed by atoms with Crippen LogP contribution in [0.25, 0.3) is 0 Å². The molecule has 1 aromatic rings. The molecule has 0 spiro atoms. The topological polar surface area (TPSA) is 58.6 Å². The average molecular weight is 293 g/mol. The fourth-order valence-electron chi connectivity index (χ4n) is 2.26. The van der Waals surface area contributed by atoms with E-state index in [1.807, 2.05) is 65.0 Å². The number of carbonyl (C=O) groups excluding carboxylic acids is 1. The van der Waals surface area contributed by atoms with E-state index in [4.69, 9.17) is 4.74 Å². The number of alkyl carbamates (subject to hydrolysis) is 1. The van der Waals surface area contributed by atoms with Crippen molar-refractivity contribution in [2.75, 3.05) is 0 Å². The number of ether oxygens (including phenoxy) is 1. The van der Waals surface area contributed by atoms with Gasteiger partial charge in [0.1, 0.15) is 5.60 Å². The summed E-state index contributed by atoms with van der Waals surface area (Å²) in [5.74, 6) is 0. The Morgan fingerprint density at radius 2 is 1.71 bits per heavy atom. The number of amides is 1. The normalized spacial score (nSPS) is 13.6. The van der Waals surface area contributed by atoms with Gasteiger partial charge in [0.15, 0.2) is 0 Å². The van der Waals surface area contributed by atoms with Crippen LogP contribution in [0.2, 0.25) is 0 Å². The maximum atomic E-state index is 12.1. The number of hydrogen-bond acceptors (Lipinski definition) is 3. The number of benzene rings is 1. The van der Waals surface area contributed by atoms with Crippen LogP contribution in [0, 0.1) is 0 Å². The Labute approximate surface area is 127 Å². The van der Waals surface area contributed by atoms with Gasteiger partial charge in [-0.15, -0.1) is 0 Å². The minimum atomic E-state index is -1.00. The highest BCUT2D eigenvalue weighted by Gasteiger charge is 2.36. The molecule has 4 nitrogen and oxygen atoms in total. The van der Waals surface area contributed by atoms with Gasteiger partial charge in [-0.25, -0.2) is 4.79 Å². The van der Waals surface area contributed by atoms with E-state index in [1.54, 1.807) is 0 Å². The molecule has 1 rings (SSSR count). The van der Waals surface area contributed by atoms with Crippen LogP contribution in [0.4, 0.5) is 4.79 Å². The summed E-state index contributed by atoms with van der Waals surface area (Å²) in [6.45, 7) is 9.27. The van der Waals surface area contributed by atoms with E-state index in [1.165, 1.54) is 0 Å². The summed E-state index contributed by atoms with van der Waals surface area (Å²) < 4.78 is 5.31. The van der Waals surface area contributed by atoms with Crippen LogP contribution in [0.1, 0.15) is 59.1 Å². The summed E-state index contributed by atoms with van der Waals surface area (Å²) in [6, 6.07) is 9.00. The summed E-state index contributed by atoms with van der Waals surface area (Å²) in [4.78, 5) is 12.1. The Hall–Kier alpha value is -1.55. The van der Waals surface area contributed by atoms with Crippen molar-refractivity contribution in [2.45, 2.75) is 64.7 Å². The molecule has 0 fully saturated rings. The van der Waals surface area contributed by atoms with Crippen LogP contribution in [-0.2, 0) is 4.74 Å². The molecule has 0 bridgehead atoms. The molecular weight excluding hydrogens is 266 g/mol. The zero-order valence-electron chi connectivity index (χ0n) is 13.6. The summed E-state index contributed by atoms with van der Waals surface area (Å²) in [5, 5.41) is 13.6. The maximum absolute atomic E-state index is 12.1. The van der Waals surface area contributed by atoms with Gasteiger partial charge in [0.25, 0.3) is 0 Å². The molecule has 0 aromatic heterocycles. The Bertz CT molecular complexity index is 447. The largest absolute Gasteiger partial charge is 0.444 e. The highest BCUT2D eigenvalue weighted by atomic mass is 16.6. The third kappa shape index (κ3) is 5.05. The van der Waals surface area contributed by atoms with Gasteiger partial charge in [0.05, 0.1) is 11.6 Å². The predicted octanol–water partition coefficient (Wildman–Crippen LogP) is 3.80. The van der Waals surface area contributed by atoms with Crippen molar-refractivity contribution < 1.29 is 14.6 Å². The molecule has 1 aromatic carbocycles. The van der Waals surface area contributed by atoms with Gasteiger partial charge < -0.3 is 15.2 Å². The Morgan fingerprint density at radius 3 is 2.14 bits per heavy atom. The first kappa shape index (κ1) is 17.5. The second-order valence-electron chi connectivity index (χ2n) is 6.30. The fourth-order valence-corrected chi connectivity index (χ4v) is 2.26. The predicted molar refractivity (Wildman–Crippen MR) is 84.1 cm³/mol. The first-order chi connectivity index (χ1) is 9.72. The van der Waals surface area contributed by atoms with Crippen molar-refractivity contribution in [3.05, 3.63) is 35.9 Å². The van der Waals surface area contributed by atoms with Crippen LogP contribution in [-0.4, -0.2) is 22.4 Å². The van der Waals surface area contributed by atoms with E-state index in [0.717, 1.165) is 5.56 Å². The zero-order chi connectivity index (χ0) is 16.1. The molecule has 0 aliphatic rings. The van der Waals surface area contributed by atoms with Crippen LogP contribution in [0.3, 0.4) is 0 Å². The molecule has 1 unspecified atom stereocenters. The van der Waals surface area contributed by atoms with Crippen LogP contribution >= 0.6 is 0 Å². The van der Waals surface area contributed by atoms with Crippen molar-refractivity contribution in [1.82, 2.24) is 5.32 Å². The molecule has 21 heavy (non-hydrogen) atoms. The lowest BCUT2D eigenvalue weighted by atomic mass is 9.84. The summed E-state index contributed by atoms with van der Waals surface area (Å²) >= 11 is 0. The minimum Gasteiger partial charge on any atom is -0.444 e. The fraction of sp³-hybridized carbons (Fsp3) is 0.588. The van der Waals surface area contributed by atoms with Gasteiger partial charge in [-0.1, -0.05) is 44.2 Å². The number of rotatable bonds is 5. The molecular formula is C17H27NO3. The van der Waals surface area contributed by atoms with Gasteiger partial charge in [-0.3, -0.25) is 0 Å². The average Bonchev–Trinajstić information content (AvgIpc) is 2.43. The van der Waals surface area contributed by atoms with Gasteiger partial charge in [0, 0.05) is 0 Å². The number of carbonyl (C=O) groups is 1. The van der Waals surface area contributed by atoms with E-state index in [2.05, 4.69) is 5.32 Å². The maximum Gasteiger partial charge on any atom is 0.408 e. The van der Waals surface area contributed by atoms with Gasteiger partial charge in [-0.05, 0) is 39.2 Å². The lowest BCUT2D eigenvalue weighted by molar-refractivity contribution is -0.0144. The first-order valence-corrected chi connectivity index (χ1v) is 7.48. The molecule has 0 aliphatic carbocycles. The summed E-state index contributed by atoms with van der Waals surface area (Å²) in [7, 11) is 0. The molecule has 0 saturated heterocycles. The lowest BCUT2D eigenvalue weighted by Gasteiger charge is -2.36. The zero-order valence-corrected chi connectivity index (χ0v) is 13.6. The Balaban J connectivity index is 3.01. The number of aliphatic hydroxyl groups is 1. The second-order valence-corrected chi connectivity index (χ2v) is 6.30. The third-order valence-corrected chi connectivity index (χ3v) is 3.56. The molecule has 0 saturated carbocycles. The van der Waals surface area contributed by atoms with E-state index in [9.17, 15) is 9.90 Å². The molecule has 4 heteroatoms. The summed E-state index contributed by atoms with van der Waals surface area (Å²) in [5.41, 5.74) is -0.699. The lowest BCUT2D eigenvalue weighted by Crippen LogP contribution is -2.46. The van der Waals surface area contributed by atoms with Crippen molar-refractivity contribution in [3.8, 4) is 0 Å². The molecule has 1 amide bonds. The molecule has 0 heterocycles. The molecule has 0 aliphatic heterocycles. The van der Waals surface area contributed by atoms with Crippen molar-refractivity contribution in [1.29, 1.82) is 0 Å². The van der Waals surface area contributed by atoms with E-state index in [-0.39, 0.29) is 0 Å². The molecule has 1 atom stereocenters.